The number of carbonyl (C=O) groups excluding carboxylic acids is 1. The van der Waals surface area contributed by atoms with E-state index in [1.165, 1.54) is 4.88 Å². The number of piperidine rings is 1. The molecule has 0 bridgehead atoms. The second kappa shape index (κ2) is 6.38. The topological polar surface area (TPSA) is 41.1 Å². The smallest absolute Gasteiger partial charge is 0.261 e. The highest BCUT2D eigenvalue weighted by Crippen LogP contribution is 2.16. The van der Waals surface area contributed by atoms with Crippen LogP contribution in [0.4, 0.5) is 0 Å². The molecule has 2 atom stereocenters. The molecule has 1 aromatic heterocycles. The molecule has 2 unspecified atom stereocenters. The van der Waals surface area contributed by atoms with Gasteiger partial charge in [0.15, 0.2) is 0 Å². The second-order valence-corrected chi connectivity index (χ2v) is 5.75. The van der Waals surface area contributed by atoms with E-state index in [2.05, 4.69) is 17.6 Å². The normalized spacial score (nSPS) is 23.9. The van der Waals surface area contributed by atoms with Crippen LogP contribution in [0.25, 0.3) is 0 Å². The lowest BCUT2D eigenvalue weighted by Gasteiger charge is -2.30. The van der Waals surface area contributed by atoms with Gasteiger partial charge in [-0.25, -0.2) is 0 Å². The average molecular weight is 275 g/mol. The molecule has 5 heteroatoms. The minimum atomic E-state index is 0. The summed E-state index contributed by atoms with van der Waals surface area (Å²) in [5.41, 5.74) is 0. The van der Waals surface area contributed by atoms with E-state index in [-0.39, 0.29) is 18.3 Å². The van der Waals surface area contributed by atoms with Gasteiger partial charge >= 0.3 is 0 Å². The molecular weight excluding hydrogens is 256 g/mol. The number of hydrogen-bond acceptors (Lipinski definition) is 3. The summed E-state index contributed by atoms with van der Waals surface area (Å²) in [5.74, 6) is 0.593. The van der Waals surface area contributed by atoms with Gasteiger partial charge in [0.2, 0.25) is 0 Å². The van der Waals surface area contributed by atoms with Crippen molar-refractivity contribution < 1.29 is 4.79 Å². The predicted molar refractivity (Wildman–Crippen MR) is 74.2 cm³/mol. The van der Waals surface area contributed by atoms with Crippen LogP contribution >= 0.6 is 23.7 Å². The summed E-state index contributed by atoms with van der Waals surface area (Å²) in [6.07, 6.45) is 1.03. The Hall–Kier alpha value is -0.580. The lowest BCUT2D eigenvalue weighted by atomic mass is 9.95. The molecular formula is C12H19ClN2OS. The number of thiophene rings is 1. The van der Waals surface area contributed by atoms with Gasteiger partial charge in [-0.1, -0.05) is 6.92 Å². The summed E-state index contributed by atoms with van der Waals surface area (Å²) in [7, 11) is 0. The van der Waals surface area contributed by atoms with Crippen molar-refractivity contribution in [3.63, 3.8) is 0 Å². The summed E-state index contributed by atoms with van der Waals surface area (Å²) in [6.45, 7) is 6.19. The zero-order chi connectivity index (χ0) is 11.5. The highest BCUT2D eigenvalue weighted by Gasteiger charge is 2.23. The van der Waals surface area contributed by atoms with Crippen LogP contribution in [0.15, 0.2) is 12.1 Å². The van der Waals surface area contributed by atoms with E-state index in [4.69, 9.17) is 0 Å². The molecule has 1 aliphatic heterocycles. The first-order valence-corrected chi connectivity index (χ1v) is 6.56. The third-order valence-electron chi connectivity index (χ3n) is 3.07. The number of amides is 1. The van der Waals surface area contributed by atoms with E-state index in [9.17, 15) is 4.79 Å². The summed E-state index contributed by atoms with van der Waals surface area (Å²) in [6, 6.07) is 4.21. The van der Waals surface area contributed by atoms with E-state index in [0.29, 0.717) is 12.0 Å². The van der Waals surface area contributed by atoms with Crippen molar-refractivity contribution in [3.8, 4) is 0 Å². The van der Waals surface area contributed by atoms with Crippen LogP contribution in [0.5, 0.6) is 0 Å². The number of carbonyl (C=O) groups is 1. The fourth-order valence-electron chi connectivity index (χ4n) is 2.02. The maximum Gasteiger partial charge on any atom is 0.261 e. The van der Waals surface area contributed by atoms with Crippen molar-refractivity contribution in [1.29, 1.82) is 0 Å². The fourth-order valence-corrected chi connectivity index (χ4v) is 2.80. The number of hydrogen-bond donors (Lipinski definition) is 2. The van der Waals surface area contributed by atoms with Crippen molar-refractivity contribution in [2.75, 3.05) is 13.1 Å². The monoisotopic (exact) mass is 274 g/mol. The van der Waals surface area contributed by atoms with Crippen LogP contribution in [-0.4, -0.2) is 25.0 Å². The quantitative estimate of drug-likeness (QED) is 0.868. The first-order valence-electron chi connectivity index (χ1n) is 5.75. The molecule has 1 fully saturated rings. The molecule has 17 heavy (non-hydrogen) atoms. The Bertz CT molecular complexity index is 380. The first kappa shape index (κ1) is 14.5. The minimum Gasteiger partial charge on any atom is -0.348 e. The molecule has 1 saturated heterocycles. The summed E-state index contributed by atoms with van der Waals surface area (Å²) in [4.78, 5) is 14.0. The Labute approximate surface area is 112 Å². The van der Waals surface area contributed by atoms with Crippen molar-refractivity contribution in [2.45, 2.75) is 26.3 Å². The summed E-state index contributed by atoms with van der Waals surface area (Å²) in [5, 5.41) is 6.46. The predicted octanol–water partition coefficient (Wildman–Crippen LogP) is 2.21. The summed E-state index contributed by atoms with van der Waals surface area (Å²) < 4.78 is 0. The SMILES string of the molecule is Cc1ccc(C(=O)NC2CCNCC2C)s1.Cl. The van der Waals surface area contributed by atoms with Crippen LogP contribution in [0.2, 0.25) is 0 Å². The van der Waals surface area contributed by atoms with Gasteiger partial charge in [-0.15, -0.1) is 23.7 Å². The molecule has 2 rings (SSSR count). The highest BCUT2D eigenvalue weighted by molar-refractivity contribution is 7.13. The maximum atomic E-state index is 12.0. The third kappa shape index (κ3) is 3.69. The van der Waals surface area contributed by atoms with Gasteiger partial charge in [0.1, 0.15) is 0 Å². The molecule has 0 radical (unpaired) electrons. The largest absolute Gasteiger partial charge is 0.348 e. The molecule has 1 aliphatic rings. The van der Waals surface area contributed by atoms with Gasteiger partial charge in [0.25, 0.3) is 5.91 Å². The number of nitrogens with one attached hydrogen (secondary N) is 2. The first-order chi connectivity index (χ1) is 7.66. The zero-order valence-electron chi connectivity index (χ0n) is 10.2. The minimum absolute atomic E-state index is 0. The van der Waals surface area contributed by atoms with Gasteiger partial charge in [-0.2, -0.15) is 0 Å². The molecule has 3 nitrogen and oxygen atoms in total. The van der Waals surface area contributed by atoms with Gasteiger partial charge in [0.05, 0.1) is 4.88 Å². The average Bonchev–Trinajstić information content (AvgIpc) is 2.68. The van der Waals surface area contributed by atoms with Gasteiger partial charge in [0, 0.05) is 10.9 Å². The fraction of sp³-hybridized carbons (Fsp3) is 0.583. The molecule has 0 spiro atoms. The molecule has 0 aromatic carbocycles. The van der Waals surface area contributed by atoms with Crippen molar-refractivity contribution >= 4 is 29.7 Å². The zero-order valence-corrected chi connectivity index (χ0v) is 11.8. The van der Waals surface area contributed by atoms with Crippen LogP contribution in [-0.2, 0) is 0 Å². The number of rotatable bonds is 2. The van der Waals surface area contributed by atoms with Crippen LogP contribution in [0.3, 0.4) is 0 Å². The van der Waals surface area contributed by atoms with Crippen LogP contribution < -0.4 is 10.6 Å². The van der Waals surface area contributed by atoms with E-state index in [0.717, 1.165) is 24.4 Å². The molecule has 96 valence electrons. The van der Waals surface area contributed by atoms with Gasteiger partial charge < -0.3 is 10.6 Å². The Morgan fingerprint density at radius 3 is 2.88 bits per heavy atom. The lowest BCUT2D eigenvalue weighted by molar-refractivity contribution is 0.0918. The lowest BCUT2D eigenvalue weighted by Crippen LogP contribution is -2.48. The third-order valence-corrected chi connectivity index (χ3v) is 4.07. The van der Waals surface area contributed by atoms with Gasteiger partial charge in [-0.3, -0.25) is 4.79 Å². The highest BCUT2D eigenvalue weighted by atomic mass is 35.5. The molecule has 2 heterocycles. The Morgan fingerprint density at radius 1 is 1.53 bits per heavy atom. The summed E-state index contributed by atoms with van der Waals surface area (Å²) >= 11 is 1.56. The van der Waals surface area contributed by atoms with Crippen molar-refractivity contribution in [2.24, 2.45) is 5.92 Å². The van der Waals surface area contributed by atoms with E-state index >= 15 is 0 Å². The molecule has 0 saturated carbocycles. The Kier molecular flexibility index (Phi) is 5.43. The van der Waals surface area contributed by atoms with E-state index in [1.54, 1.807) is 11.3 Å². The second-order valence-electron chi connectivity index (χ2n) is 4.46. The molecule has 1 amide bonds. The van der Waals surface area contributed by atoms with Crippen molar-refractivity contribution in [1.82, 2.24) is 10.6 Å². The van der Waals surface area contributed by atoms with E-state index < -0.39 is 0 Å². The molecule has 0 aliphatic carbocycles. The van der Waals surface area contributed by atoms with Crippen molar-refractivity contribution in [3.05, 3.63) is 21.9 Å². The maximum absolute atomic E-state index is 12.0. The molecule has 1 aromatic rings. The Morgan fingerprint density at radius 2 is 2.29 bits per heavy atom. The standard InChI is InChI=1S/C12H18N2OS.ClH/c1-8-7-13-6-5-10(8)14-12(15)11-4-3-9(2)16-11;/h3-4,8,10,13H,5-7H2,1-2H3,(H,14,15);1H. The number of aryl methyl sites for hydroxylation is 1. The van der Waals surface area contributed by atoms with Crippen LogP contribution in [0.1, 0.15) is 27.9 Å². The molecule has 2 N–H and O–H groups in total. The van der Waals surface area contributed by atoms with Crippen LogP contribution in [0, 0.1) is 12.8 Å². The van der Waals surface area contributed by atoms with E-state index in [1.807, 2.05) is 19.1 Å². The van der Waals surface area contributed by atoms with Gasteiger partial charge in [-0.05, 0) is 44.5 Å². The number of halogens is 1. The Balaban J connectivity index is 0.00000144.